The van der Waals surface area contributed by atoms with Crippen LogP contribution in [0.1, 0.15) is 13.8 Å². The first-order chi connectivity index (χ1) is 11.5. The van der Waals surface area contributed by atoms with Crippen molar-refractivity contribution in [2.75, 3.05) is 6.16 Å². The van der Waals surface area contributed by atoms with Crippen molar-refractivity contribution in [3.8, 4) is 0 Å². The van der Waals surface area contributed by atoms with Crippen molar-refractivity contribution in [1.82, 2.24) is 0 Å². The predicted molar refractivity (Wildman–Crippen MR) is 108 cm³/mol. The molecule has 0 amide bonds. The Hall–Kier alpha value is -1.47. The van der Waals surface area contributed by atoms with E-state index in [1.54, 1.807) is 0 Å². The molecule has 0 aliphatic carbocycles. The lowest BCUT2D eigenvalue weighted by atomic mass is 10.1. The Labute approximate surface area is 162 Å². The highest BCUT2D eigenvalue weighted by Gasteiger charge is 2.48. The van der Waals surface area contributed by atoms with Crippen LogP contribution in [0.25, 0.3) is 0 Å². The number of halogens is 1. The fraction of sp³-hybridized carbons (Fsp3) is 0.182. The summed E-state index contributed by atoms with van der Waals surface area (Å²) >= 11 is 0. The lowest BCUT2D eigenvalue weighted by Crippen LogP contribution is -3.00. The second-order valence-corrected chi connectivity index (χ2v) is 10.4. The minimum absolute atomic E-state index is 0. The summed E-state index contributed by atoms with van der Waals surface area (Å²) in [5, 5.41) is 4.17. The average Bonchev–Trinajstić information content (AvgIpc) is 2.61. The molecule has 0 fully saturated rings. The Balaban J connectivity index is 0.00000225. The third kappa shape index (κ3) is 4.39. The van der Waals surface area contributed by atoms with Gasteiger partial charge >= 0.3 is 0 Å². The van der Waals surface area contributed by atoms with Crippen molar-refractivity contribution in [2.24, 2.45) is 5.73 Å². The maximum atomic E-state index is 6.56. The van der Waals surface area contributed by atoms with Crippen LogP contribution in [0.15, 0.2) is 91.0 Å². The predicted octanol–water partition coefficient (Wildman–Crippen LogP) is 0.722. The number of hydrogen-bond donors (Lipinski definition) is 1. The van der Waals surface area contributed by atoms with Crippen LogP contribution in [0.2, 0.25) is 0 Å². The van der Waals surface area contributed by atoms with Crippen molar-refractivity contribution < 1.29 is 17.0 Å². The highest BCUT2D eigenvalue weighted by Crippen LogP contribution is 2.56. The molecule has 3 rings (SSSR count). The smallest absolute Gasteiger partial charge is 0.113 e. The van der Waals surface area contributed by atoms with Crippen LogP contribution in [0.4, 0.5) is 0 Å². The monoisotopic (exact) mass is 413 g/mol. The summed E-state index contributed by atoms with van der Waals surface area (Å²) in [5.74, 6) is 0. The second kappa shape index (κ2) is 8.27. The number of benzene rings is 3. The van der Waals surface area contributed by atoms with Gasteiger partial charge in [0.25, 0.3) is 0 Å². The summed E-state index contributed by atoms with van der Waals surface area (Å²) in [5.41, 5.74) is 6.31. The Morgan fingerprint density at radius 3 is 1.16 bits per heavy atom. The number of nitrogens with two attached hydrogens (primary N) is 1. The van der Waals surface area contributed by atoms with Gasteiger partial charge in [-0.05, 0) is 50.2 Å². The molecule has 0 heterocycles. The minimum atomic E-state index is -1.80. The highest BCUT2D eigenvalue weighted by atomic mass is 79.9. The van der Waals surface area contributed by atoms with Crippen LogP contribution in [0.3, 0.4) is 0 Å². The van der Waals surface area contributed by atoms with Gasteiger partial charge in [0.1, 0.15) is 23.2 Å². The van der Waals surface area contributed by atoms with Crippen molar-refractivity contribution in [3.63, 3.8) is 0 Å². The van der Waals surface area contributed by atoms with Crippen LogP contribution >= 0.6 is 7.26 Å². The summed E-state index contributed by atoms with van der Waals surface area (Å²) in [6, 6.07) is 32.7. The van der Waals surface area contributed by atoms with Crippen LogP contribution in [-0.2, 0) is 0 Å². The first kappa shape index (κ1) is 19.8. The van der Waals surface area contributed by atoms with E-state index in [0.717, 1.165) is 6.16 Å². The standard InChI is InChI=1S/C22H25NP.BrH/c1-22(2,23)18-24(19-12-6-3-7-13-19,20-14-8-4-9-15-20)21-16-10-5-11-17-21;/h3-17H,18,23H2,1-2H3;1H/q+1;/p-1. The normalized spacial score (nSPS) is 11.6. The topological polar surface area (TPSA) is 26.0 Å². The van der Waals surface area contributed by atoms with Gasteiger partial charge in [-0.3, -0.25) is 0 Å². The summed E-state index contributed by atoms with van der Waals surface area (Å²) in [4.78, 5) is 0. The van der Waals surface area contributed by atoms with E-state index in [-0.39, 0.29) is 22.5 Å². The molecule has 0 radical (unpaired) electrons. The third-order valence-electron chi connectivity index (χ3n) is 4.24. The van der Waals surface area contributed by atoms with Gasteiger partial charge in [-0.25, -0.2) is 0 Å². The first-order valence-corrected chi connectivity index (χ1v) is 10.3. The van der Waals surface area contributed by atoms with E-state index >= 15 is 0 Å². The molecule has 2 N–H and O–H groups in total. The van der Waals surface area contributed by atoms with E-state index in [9.17, 15) is 0 Å². The van der Waals surface area contributed by atoms with E-state index in [4.69, 9.17) is 5.73 Å². The zero-order valence-corrected chi connectivity index (χ0v) is 17.3. The van der Waals surface area contributed by atoms with Crippen molar-refractivity contribution >= 4 is 23.2 Å². The van der Waals surface area contributed by atoms with Crippen LogP contribution < -0.4 is 38.6 Å². The molecule has 1 nitrogen and oxygen atoms in total. The number of rotatable bonds is 5. The fourth-order valence-corrected chi connectivity index (χ4v) is 8.09. The lowest BCUT2D eigenvalue weighted by molar-refractivity contribution is -0.00000545. The Bertz CT molecular complexity index is 671. The fourth-order valence-electron chi connectivity index (χ4n) is 3.38. The molecule has 0 aliphatic rings. The Morgan fingerprint density at radius 1 is 0.640 bits per heavy atom. The number of hydrogen-bond acceptors (Lipinski definition) is 1. The van der Waals surface area contributed by atoms with E-state index in [1.165, 1.54) is 15.9 Å². The minimum Gasteiger partial charge on any atom is -1.00 e. The van der Waals surface area contributed by atoms with Crippen LogP contribution in [0, 0.1) is 0 Å². The summed E-state index contributed by atoms with van der Waals surface area (Å²) < 4.78 is 0. The van der Waals surface area contributed by atoms with Gasteiger partial charge in [0.05, 0.1) is 6.16 Å². The van der Waals surface area contributed by atoms with E-state index < -0.39 is 7.26 Å². The Morgan fingerprint density at radius 2 is 0.920 bits per heavy atom. The molecule has 0 saturated carbocycles. The molecule has 3 heteroatoms. The molecule has 0 bridgehead atoms. The Kier molecular flexibility index (Phi) is 6.57. The zero-order valence-electron chi connectivity index (χ0n) is 14.8. The van der Waals surface area contributed by atoms with Gasteiger partial charge in [0.2, 0.25) is 0 Å². The van der Waals surface area contributed by atoms with Gasteiger partial charge < -0.3 is 22.7 Å². The van der Waals surface area contributed by atoms with E-state index in [0.29, 0.717) is 0 Å². The van der Waals surface area contributed by atoms with E-state index in [2.05, 4.69) is 105 Å². The molecule has 3 aromatic rings. The zero-order chi connectivity index (χ0) is 17.0. The molecule has 0 aromatic heterocycles. The summed E-state index contributed by atoms with van der Waals surface area (Å²) in [6.07, 6.45) is 0.942. The van der Waals surface area contributed by atoms with Gasteiger partial charge in [0.15, 0.2) is 0 Å². The molecule has 0 unspecified atom stereocenters. The molecular weight excluding hydrogens is 389 g/mol. The maximum absolute atomic E-state index is 6.56. The maximum Gasteiger partial charge on any atom is 0.113 e. The average molecular weight is 414 g/mol. The molecule has 25 heavy (non-hydrogen) atoms. The summed E-state index contributed by atoms with van der Waals surface area (Å²) in [6.45, 7) is 4.27. The van der Waals surface area contributed by atoms with Crippen molar-refractivity contribution in [1.29, 1.82) is 0 Å². The molecule has 0 spiro atoms. The first-order valence-electron chi connectivity index (χ1n) is 8.36. The SMILES string of the molecule is CC(C)(N)C[P+](c1ccccc1)(c1ccccc1)c1ccccc1.[Br-]. The van der Waals surface area contributed by atoms with Gasteiger partial charge in [0, 0.05) is 5.54 Å². The molecular formula is C22H25BrNP. The highest BCUT2D eigenvalue weighted by molar-refractivity contribution is 7.95. The molecule has 130 valence electrons. The van der Waals surface area contributed by atoms with Gasteiger partial charge in [-0.1, -0.05) is 54.6 Å². The van der Waals surface area contributed by atoms with Crippen molar-refractivity contribution in [3.05, 3.63) is 91.0 Å². The van der Waals surface area contributed by atoms with Gasteiger partial charge in [-0.2, -0.15) is 0 Å². The molecule has 3 aromatic carbocycles. The van der Waals surface area contributed by atoms with E-state index in [1.807, 2.05) is 0 Å². The summed E-state index contributed by atoms with van der Waals surface area (Å²) in [7, 11) is -1.80. The second-order valence-electron chi connectivity index (χ2n) is 6.96. The largest absolute Gasteiger partial charge is 1.00 e. The van der Waals surface area contributed by atoms with Crippen LogP contribution in [-0.4, -0.2) is 11.7 Å². The quantitative estimate of drug-likeness (QED) is 0.612. The van der Waals surface area contributed by atoms with Crippen LogP contribution in [0.5, 0.6) is 0 Å². The molecule has 0 atom stereocenters. The third-order valence-corrected chi connectivity index (χ3v) is 9.06. The lowest BCUT2D eigenvalue weighted by Gasteiger charge is -2.32. The molecule has 0 saturated heterocycles. The van der Waals surface area contributed by atoms with Crippen molar-refractivity contribution in [2.45, 2.75) is 19.4 Å². The van der Waals surface area contributed by atoms with Gasteiger partial charge in [-0.15, -0.1) is 0 Å². The molecule has 0 aliphatic heterocycles.